The van der Waals surface area contributed by atoms with Crippen LogP contribution in [0.1, 0.15) is 31.2 Å². The third-order valence-corrected chi connectivity index (χ3v) is 5.58. The van der Waals surface area contributed by atoms with Crippen molar-refractivity contribution < 1.29 is 19.7 Å². The lowest BCUT2D eigenvalue weighted by atomic mass is 10.0. The third kappa shape index (κ3) is 3.89. The number of ether oxygens (including phenoxy) is 1. The molecule has 1 fully saturated rings. The van der Waals surface area contributed by atoms with Gasteiger partial charge < -0.3 is 24.8 Å². The van der Waals surface area contributed by atoms with Gasteiger partial charge in [0, 0.05) is 18.7 Å². The number of rotatable bonds is 3. The summed E-state index contributed by atoms with van der Waals surface area (Å²) in [7, 11) is 0. The lowest BCUT2D eigenvalue weighted by Crippen LogP contribution is -2.39. The molecule has 1 aliphatic heterocycles. The van der Waals surface area contributed by atoms with Crippen LogP contribution < -0.4 is 5.32 Å². The van der Waals surface area contributed by atoms with Crippen LogP contribution in [0.15, 0.2) is 42.9 Å². The molecule has 0 aliphatic carbocycles. The smallest absolute Gasteiger partial charge is 0.222 e. The van der Waals surface area contributed by atoms with Gasteiger partial charge in [-0.2, -0.15) is 0 Å². The number of hydrogen-bond acceptors (Lipinski definition) is 6. The average molecular weight is 441 g/mol. The first-order chi connectivity index (χ1) is 14.8. The fourth-order valence-corrected chi connectivity index (χ4v) is 3.94. The number of nitrogens with one attached hydrogen (secondary N) is 1. The number of alkyl halides is 1. The lowest BCUT2D eigenvalue weighted by Gasteiger charge is -2.26. The predicted molar refractivity (Wildman–Crippen MR) is 116 cm³/mol. The minimum absolute atomic E-state index is 0.287. The highest BCUT2D eigenvalue weighted by molar-refractivity contribution is 6.24. The molecule has 0 unspecified atom stereocenters. The number of fused-ring (bicyclic) bond motifs is 1. The molecule has 9 heteroatoms. The summed E-state index contributed by atoms with van der Waals surface area (Å²) in [6.07, 6.45) is 0.242. The van der Waals surface area contributed by atoms with Crippen molar-refractivity contribution in [1.82, 2.24) is 14.5 Å². The number of anilines is 1. The van der Waals surface area contributed by atoms with Gasteiger partial charge in [0.15, 0.2) is 6.23 Å². The number of amides is 1. The highest BCUT2D eigenvalue weighted by atomic mass is 35.5. The molecule has 31 heavy (non-hydrogen) atoms. The van der Waals surface area contributed by atoms with Crippen molar-refractivity contribution in [2.45, 2.75) is 37.2 Å². The van der Waals surface area contributed by atoms with Gasteiger partial charge in [0.1, 0.15) is 34.9 Å². The molecule has 8 nitrogen and oxygen atoms in total. The quantitative estimate of drug-likeness (QED) is 0.424. The van der Waals surface area contributed by atoms with Crippen molar-refractivity contribution in [3.8, 4) is 11.8 Å². The summed E-state index contributed by atoms with van der Waals surface area (Å²) in [5, 5.41) is 23.3. The Morgan fingerprint density at radius 1 is 1.32 bits per heavy atom. The molecular formula is C22H21ClN4O4. The van der Waals surface area contributed by atoms with E-state index in [2.05, 4.69) is 27.1 Å². The number of nitrogens with zero attached hydrogens (tertiary/aromatic N) is 3. The van der Waals surface area contributed by atoms with Crippen LogP contribution in [0.2, 0.25) is 0 Å². The molecular weight excluding hydrogens is 420 g/mol. The van der Waals surface area contributed by atoms with Crippen molar-refractivity contribution in [2.24, 2.45) is 0 Å². The molecule has 2 aromatic heterocycles. The monoisotopic (exact) mass is 440 g/mol. The number of carbonyl (C=O) groups excluding carboxylic acids is 1. The number of hydrogen-bond donors (Lipinski definition) is 3. The molecule has 0 bridgehead atoms. The molecule has 0 spiro atoms. The molecule has 160 valence electrons. The normalized spacial score (nSPS) is 25.3. The molecule has 4 atom stereocenters. The number of halogens is 1. The first-order valence-electron chi connectivity index (χ1n) is 9.66. The van der Waals surface area contributed by atoms with Crippen LogP contribution in [0.4, 0.5) is 5.82 Å². The minimum Gasteiger partial charge on any atom is -0.394 e. The zero-order chi connectivity index (χ0) is 22.2. The standard InChI is InChI=1S/C22H21ClN4O4/c1-13(29)26-19-17-15(9-8-14-6-4-3-5-7-14)10-27(20(17)25-12-24-19)21-22(2,23)18(30)16(11-28)31-21/h3-7,10,12,16,18,21,28,30H,11H2,1-2H3,(H,24,25,26,29)/t16-,18-,21-,22-/m1/s1. The summed E-state index contributed by atoms with van der Waals surface area (Å²) in [4.78, 5) is 19.0. The van der Waals surface area contributed by atoms with Crippen LogP contribution in [-0.4, -0.2) is 54.3 Å². The van der Waals surface area contributed by atoms with Crippen molar-refractivity contribution in [1.29, 1.82) is 0 Å². The Balaban J connectivity index is 1.90. The molecule has 0 radical (unpaired) electrons. The van der Waals surface area contributed by atoms with Crippen LogP contribution in [0.25, 0.3) is 11.0 Å². The highest BCUT2D eigenvalue weighted by Crippen LogP contribution is 2.45. The molecule has 3 aromatic rings. The number of benzene rings is 1. The molecule has 4 rings (SSSR count). The molecule has 3 heterocycles. The van der Waals surface area contributed by atoms with Crippen molar-refractivity contribution >= 4 is 34.4 Å². The van der Waals surface area contributed by atoms with Gasteiger partial charge in [0.2, 0.25) is 5.91 Å². The molecule has 3 N–H and O–H groups in total. The van der Waals surface area contributed by atoms with E-state index >= 15 is 0 Å². The van der Waals surface area contributed by atoms with Gasteiger partial charge in [-0.1, -0.05) is 30.0 Å². The van der Waals surface area contributed by atoms with Crippen LogP contribution in [0.5, 0.6) is 0 Å². The van der Waals surface area contributed by atoms with Crippen molar-refractivity contribution in [2.75, 3.05) is 11.9 Å². The number of aliphatic hydroxyl groups excluding tert-OH is 2. The van der Waals surface area contributed by atoms with Gasteiger partial charge in [-0.3, -0.25) is 4.79 Å². The Labute approximate surface area is 183 Å². The zero-order valence-corrected chi connectivity index (χ0v) is 17.7. The molecule has 1 saturated heterocycles. The fourth-order valence-electron chi connectivity index (χ4n) is 3.64. The average Bonchev–Trinajstić information content (AvgIpc) is 3.22. The Morgan fingerprint density at radius 3 is 2.71 bits per heavy atom. The minimum atomic E-state index is -1.23. The topological polar surface area (TPSA) is 110 Å². The maximum absolute atomic E-state index is 11.7. The Hall–Kier alpha value is -2.96. The summed E-state index contributed by atoms with van der Waals surface area (Å²) in [5.74, 6) is 6.23. The van der Waals surface area contributed by atoms with Gasteiger partial charge in [0.25, 0.3) is 0 Å². The van der Waals surface area contributed by atoms with Crippen LogP contribution in [0.3, 0.4) is 0 Å². The first kappa shape index (κ1) is 21.3. The van der Waals surface area contributed by atoms with E-state index in [4.69, 9.17) is 16.3 Å². The second-order valence-corrected chi connectivity index (χ2v) is 8.29. The first-order valence-corrected chi connectivity index (χ1v) is 10.0. The maximum atomic E-state index is 11.7. The molecule has 0 saturated carbocycles. The second kappa shape index (κ2) is 8.29. The summed E-state index contributed by atoms with van der Waals surface area (Å²) in [5.41, 5.74) is 1.80. The van der Waals surface area contributed by atoms with E-state index in [1.54, 1.807) is 17.7 Å². The third-order valence-electron chi connectivity index (χ3n) is 5.17. The largest absolute Gasteiger partial charge is 0.394 e. The maximum Gasteiger partial charge on any atom is 0.222 e. The Kier molecular flexibility index (Phi) is 5.69. The van der Waals surface area contributed by atoms with Crippen molar-refractivity contribution in [3.05, 3.63) is 54.0 Å². The molecule has 1 aliphatic rings. The second-order valence-electron chi connectivity index (χ2n) is 7.47. The van der Waals surface area contributed by atoms with Gasteiger partial charge in [-0.25, -0.2) is 9.97 Å². The fraction of sp³-hybridized carbons (Fsp3) is 0.318. The van der Waals surface area contributed by atoms with E-state index in [1.165, 1.54) is 13.3 Å². The lowest BCUT2D eigenvalue weighted by molar-refractivity contribution is -0.114. The molecule has 1 amide bonds. The van der Waals surface area contributed by atoms with Crippen molar-refractivity contribution in [3.63, 3.8) is 0 Å². The SMILES string of the molecule is CC(=O)Nc1ncnc2c1c(C#Cc1ccccc1)cn2[C@@H]1O[C@H](CO)[C@@H](O)[C@@]1(C)Cl. The number of aliphatic hydroxyl groups is 2. The highest BCUT2D eigenvalue weighted by Gasteiger charge is 2.53. The summed E-state index contributed by atoms with van der Waals surface area (Å²) in [6.45, 7) is 2.64. The molecule has 1 aromatic carbocycles. The Bertz CT molecular complexity index is 1180. The van der Waals surface area contributed by atoms with E-state index in [0.29, 0.717) is 22.4 Å². The van der Waals surface area contributed by atoms with Gasteiger partial charge in [-0.05, 0) is 19.1 Å². The van der Waals surface area contributed by atoms with E-state index in [-0.39, 0.29) is 12.5 Å². The summed E-state index contributed by atoms with van der Waals surface area (Å²) in [6, 6.07) is 9.45. The zero-order valence-electron chi connectivity index (χ0n) is 16.9. The van der Waals surface area contributed by atoms with Crippen LogP contribution in [-0.2, 0) is 9.53 Å². The van der Waals surface area contributed by atoms with E-state index in [0.717, 1.165) is 5.56 Å². The summed E-state index contributed by atoms with van der Waals surface area (Å²) < 4.78 is 7.52. The number of aromatic nitrogens is 3. The van der Waals surface area contributed by atoms with Crippen LogP contribution in [0, 0.1) is 11.8 Å². The van der Waals surface area contributed by atoms with Crippen LogP contribution >= 0.6 is 11.6 Å². The Morgan fingerprint density at radius 2 is 2.06 bits per heavy atom. The number of carbonyl (C=O) groups is 1. The van der Waals surface area contributed by atoms with Gasteiger partial charge in [0.05, 0.1) is 17.6 Å². The predicted octanol–water partition coefficient (Wildman–Crippen LogP) is 2.04. The van der Waals surface area contributed by atoms with Gasteiger partial charge >= 0.3 is 0 Å². The van der Waals surface area contributed by atoms with E-state index in [9.17, 15) is 15.0 Å². The van der Waals surface area contributed by atoms with E-state index < -0.39 is 23.3 Å². The van der Waals surface area contributed by atoms with E-state index in [1.807, 2.05) is 30.3 Å². The summed E-state index contributed by atoms with van der Waals surface area (Å²) >= 11 is 6.64. The van der Waals surface area contributed by atoms with Gasteiger partial charge in [-0.15, -0.1) is 11.6 Å².